The molecule has 0 aromatic heterocycles. The van der Waals surface area contributed by atoms with Crippen molar-refractivity contribution in [2.75, 3.05) is 18.1 Å². The molecule has 1 aromatic carbocycles. The maximum absolute atomic E-state index is 3.53. The van der Waals surface area contributed by atoms with Crippen LogP contribution in [0.25, 0.3) is 0 Å². The first kappa shape index (κ1) is 11.0. The molecule has 1 saturated heterocycles. The minimum absolute atomic E-state index is 0.783. The standard InChI is InChI=1S/C13H19NS/c1-2-5-12(6-3-1)8-10-15-11-13-7-4-9-14-13/h1-3,5-6,13-14H,4,7-11H2. The second-order valence-corrected chi connectivity index (χ2v) is 5.25. The molecule has 1 N–H and O–H groups in total. The van der Waals surface area contributed by atoms with Crippen LogP contribution in [0, 0.1) is 0 Å². The lowest BCUT2D eigenvalue weighted by Crippen LogP contribution is -2.23. The molecule has 1 aliphatic heterocycles. The summed E-state index contributed by atoms with van der Waals surface area (Å²) in [5, 5.41) is 3.53. The molecule has 2 heteroatoms. The Morgan fingerprint density at radius 2 is 2.13 bits per heavy atom. The van der Waals surface area contributed by atoms with Crippen LogP contribution in [-0.2, 0) is 6.42 Å². The number of aryl methyl sites for hydroxylation is 1. The summed E-state index contributed by atoms with van der Waals surface area (Å²) in [5.41, 5.74) is 1.46. The van der Waals surface area contributed by atoms with E-state index in [-0.39, 0.29) is 0 Å². The molecule has 15 heavy (non-hydrogen) atoms. The van der Waals surface area contributed by atoms with Crippen LogP contribution in [0.3, 0.4) is 0 Å². The normalized spacial score (nSPS) is 20.7. The first-order valence-electron chi connectivity index (χ1n) is 5.80. The Morgan fingerprint density at radius 1 is 1.27 bits per heavy atom. The third-order valence-electron chi connectivity index (χ3n) is 2.86. The van der Waals surface area contributed by atoms with Crippen molar-refractivity contribution in [2.24, 2.45) is 0 Å². The van der Waals surface area contributed by atoms with Gasteiger partial charge < -0.3 is 5.32 Å². The maximum atomic E-state index is 3.53. The van der Waals surface area contributed by atoms with E-state index in [4.69, 9.17) is 0 Å². The fourth-order valence-corrected chi connectivity index (χ4v) is 3.08. The van der Waals surface area contributed by atoms with Gasteiger partial charge in [0.25, 0.3) is 0 Å². The van der Waals surface area contributed by atoms with Gasteiger partial charge in [-0.25, -0.2) is 0 Å². The molecule has 1 nitrogen and oxygen atoms in total. The van der Waals surface area contributed by atoms with Crippen molar-refractivity contribution >= 4 is 11.8 Å². The highest BCUT2D eigenvalue weighted by molar-refractivity contribution is 7.99. The Kier molecular flexibility index (Phi) is 4.55. The zero-order valence-corrected chi connectivity index (χ0v) is 9.93. The summed E-state index contributed by atoms with van der Waals surface area (Å²) in [6.07, 6.45) is 3.94. The number of benzene rings is 1. The molecule has 0 amide bonds. The average Bonchev–Trinajstić information content (AvgIpc) is 2.79. The van der Waals surface area contributed by atoms with Gasteiger partial charge in [-0.1, -0.05) is 30.3 Å². The van der Waals surface area contributed by atoms with Gasteiger partial charge in [0, 0.05) is 11.8 Å². The molecular formula is C13H19NS. The first-order chi connectivity index (χ1) is 7.45. The summed E-state index contributed by atoms with van der Waals surface area (Å²) >= 11 is 2.08. The molecule has 0 radical (unpaired) electrons. The van der Waals surface area contributed by atoms with Gasteiger partial charge in [-0.05, 0) is 37.1 Å². The van der Waals surface area contributed by atoms with E-state index in [1.165, 1.54) is 42.9 Å². The summed E-state index contributed by atoms with van der Waals surface area (Å²) in [7, 11) is 0. The van der Waals surface area contributed by atoms with Gasteiger partial charge in [0.05, 0.1) is 0 Å². The Bertz CT molecular complexity index is 267. The van der Waals surface area contributed by atoms with Gasteiger partial charge in [0.2, 0.25) is 0 Å². The van der Waals surface area contributed by atoms with Gasteiger partial charge in [0.15, 0.2) is 0 Å². The molecule has 1 fully saturated rings. The average molecular weight is 221 g/mol. The summed E-state index contributed by atoms with van der Waals surface area (Å²) in [6, 6.07) is 11.5. The number of rotatable bonds is 5. The lowest BCUT2D eigenvalue weighted by Gasteiger charge is -2.08. The van der Waals surface area contributed by atoms with Crippen LogP contribution >= 0.6 is 11.8 Å². The van der Waals surface area contributed by atoms with Crippen LogP contribution in [-0.4, -0.2) is 24.1 Å². The van der Waals surface area contributed by atoms with Crippen LogP contribution in [0.1, 0.15) is 18.4 Å². The predicted molar refractivity (Wildman–Crippen MR) is 68.5 cm³/mol. The van der Waals surface area contributed by atoms with Gasteiger partial charge in [0.1, 0.15) is 0 Å². The Balaban J connectivity index is 1.59. The molecule has 0 spiro atoms. The number of hydrogen-bond acceptors (Lipinski definition) is 2. The third-order valence-corrected chi connectivity index (χ3v) is 3.99. The first-order valence-corrected chi connectivity index (χ1v) is 6.96. The number of hydrogen-bond donors (Lipinski definition) is 1. The highest BCUT2D eigenvalue weighted by Gasteiger charge is 2.12. The third kappa shape index (κ3) is 3.88. The summed E-state index contributed by atoms with van der Waals surface area (Å²) in [4.78, 5) is 0. The van der Waals surface area contributed by atoms with Crippen molar-refractivity contribution < 1.29 is 0 Å². The van der Waals surface area contributed by atoms with Crippen molar-refractivity contribution in [1.29, 1.82) is 0 Å². The van der Waals surface area contributed by atoms with E-state index in [1.807, 2.05) is 0 Å². The lowest BCUT2D eigenvalue weighted by atomic mass is 10.2. The Hall–Kier alpha value is -0.470. The SMILES string of the molecule is c1ccc(CCSCC2CCCN2)cc1. The zero-order valence-electron chi connectivity index (χ0n) is 9.11. The van der Waals surface area contributed by atoms with Crippen molar-refractivity contribution in [1.82, 2.24) is 5.32 Å². The molecule has 82 valence electrons. The molecule has 1 heterocycles. The van der Waals surface area contributed by atoms with E-state index < -0.39 is 0 Å². The van der Waals surface area contributed by atoms with Crippen LogP contribution in [0.4, 0.5) is 0 Å². The second kappa shape index (κ2) is 6.19. The molecule has 0 saturated carbocycles. The molecule has 0 bridgehead atoms. The summed E-state index contributed by atoms with van der Waals surface area (Å²) < 4.78 is 0. The molecule has 1 aliphatic rings. The van der Waals surface area contributed by atoms with E-state index in [0.29, 0.717) is 0 Å². The smallest absolute Gasteiger partial charge is 0.0158 e. The molecule has 1 unspecified atom stereocenters. The zero-order chi connectivity index (χ0) is 10.3. The molecule has 1 atom stereocenters. The lowest BCUT2D eigenvalue weighted by molar-refractivity contribution is 0.674. The highest BCUT2D eigenvalue weighted by atomic mass is 32.2. The quantitative estimate of drug-likeness (QED) is 0.767. The molecule has 0 aliphatic carbocycles. The van der Waals surface area contributed by atoms with E-state index in [9.17, 15) is 0 Å². The van der Waals surface area contributed by atoms with Crippen LogP contribution in [0.5, 0.6) is 0 Å². The fraction of sp³-hybridized carbons (Fsp3) is 0.538. The van der Waals surface area contributed by atoms with E-state index >= 15 is 0 Å². The topological polar surface area (TPSA) is 12.0 Å². The fourth-order valence-electron chi connectivity index (χ4n) is 1.96. The van der Waals surface area contributed by atoms with E-state index in [0.717, 1.165) is 6.04 Å². The van der Waals surface area contributed by atoms with Crippen molar-refractivity contribution in [3.05, 3.63) is 35.9 Å². The summed E-state index contributed by atoms with van der Waals surface area (Å²) in [5.74, 6) is 2.54. The minimum Gasteiger partial charge on any atom is -0.313 e. The van der Waals surface area contributed by atoms with E-state index in [1.54, 1.807) is 0 Å². The largest absolute Gasteiger partial charge is 0.313 e. The van der Waals surface area contributed by atoms with E-state index in [2.05, 4.69) is 47.4 Å². The van der Waals surface area contributed by atoms with Crippen LogP contribution in [0.2, 0.25) is 0 Å². The maximum Gasteiger partial charge on any atom is 0.0158 e. The molecule has 1 aromatic rings. The molecular weight excluding hydrogens is 202 g/mol. The van der Waals surface area contributed by atoms with Crippen LogP contribution in [0.15, 0.2) is 30.3 Å². The molecule has 2 rings (SSSR count). The Labute approximate surface area is 96.7 Å². The van der Waals surface area contributed by atoms with Crippen molar-refractivity contribution in [3.63, 3.8) is 0 Å². The van der Waals surface area contributed by atoms with Crippen molar-refractivity contribution in [2.45, 2.75) is 25.3 Å². The summed E-state index contributed by atoms with van der Waals surface area (Å²) in [6.45, 7) is 1.23. The number of thioether (sulfide) groups is 1. The minimum atomic E-state index is 0.783. The van der Waals surface area contributed by atoms with Gasteiger partial charge >= 0.3 is 0 Å². The Morgan fingerprint density at radius 3 is 2.87 bits per heavy atom. The number of nitrogens with one attached hydrogen (secondary N) is 1. The van der Waals surface area contributed by atoms with Crippen molar-refractivity contribution in [3.8, 4) is 0 Å². The monoisotopic (exact) mass is 221 g/mol. The predicted octanol–water partition coefficient (Wildman–Crippen LogP) is 2.71. The van der Waals surface area contributed by atoms with Gasteiger partial charge in [-0.3, -0.25) is 0 Å². The second-order valence-electron chi connectivity index (χ2n) is 4.10. The van der Waals surface area contributed by atoms with Crippen LogP contribution < -0.4 is 5.32 Å². The van der Waals surface area contributed by atoms with Gasteiger partial charge in [-0.15, -0.1) is 0 Å². The van der Waals surface area contributed by atoms with Gasteiger partial charge in [-0.2, -0.15) is 11.8 Å². The highest BCUT2D eigenvalue weighted by Crippen LogP contribution is 2.13.